The maximum atomic E-state index is 12.5. The van der Waals surface area contributed by atoms with E-state index in [1.54, 1.807) is 4.90 Å². The quantitative estimate of drug-likeness (QED) is 0.795. The lowest BCUT2D eigenvalue weighted by Gasteiger charge is -2.34. The fourth-order valence-corrected chi connectivity index (χ4v) is 3.18. The van der Waals surface area contributed by atoms with Gasteiger partial charge in [-0.1, -0.05) is 12.8 Å². The van der Waals surface area contributed by atoms with Crippen molar-refractivity contribution in [1.29, 1.82) is 0 Å². The summed E-state index contributed by atoms with van der Waals surface area (Å²) >= 11 is 0. The number of rotatable bonds is 4. The first kappa shape index (κ1) is 14.1. The minimum atomic E-state index is -0.929. The smallest absolute Gasteiger partial charge is 0.326 e. The zero-order valence-corrected chi connectivity index (χ0v) is 11.1. The first-order chi connectivity index (χ1) is 9.15. The Bertz CT molecular complexity index is 342. The van der Waals surface area contributed by atoms with Crippen molar-refractivity contribution in [2.75, 3.05) is 19.7 Å². The monoisotopic (exact) mass is 270 g/mol. The largest absolute Gasteiger partial charge is 0.480 e. The van der Waals surface area contributed by atoms with E-state index in [9.17, 15) is 9.59 Å². The predicted molar refractivity (Wildman–Crippen MR) is 68.8 cm³/mol. The molecule has 6 heteroatoms. The number of hydrogen-bond acceptors (Lipinski definition) is 3. The van der Waals surface area contributed by atoms with Gasteiger partial charge in [-0.15, -0.1) is 0 Å². The van der Waals surface area contributed by atoms with Crippen molar-refractivity contribution in [3.8, 4) is 0 Å². The Kier molecular flexibility index (Phi) is 4.63. The molecule has 0 radical (unpaired) electrons. The molecule has 2 aliphatic rings. The molecular formula is C13H22N2O4. The van der Waals surface area contributed by atoms with E-state index in [4.69, 9.17) is 10.2 Å². The molecule has 2 rings (SSSR count). The number of urea groups is 1. The Hall–Kier alpha value is -1.30. The molecule has 2 N–H and O–H groups in total. The molecule has 0 bridgehead atoms. The predicted octanol–water partition coefficient (Wildman–Crippen LogP) is 0.892. The molecule has 1 heterocycles. The number of carboxylic acid groups (broad SMARTS) is 1. The standard InChI is InChI=1S/C13H22N2O4/c16-9-8-14(10-4-1-2-5-10)13(19)15-7-3-6-11(15)12(17)18/h10-11,16H,1-9H2,(H,17,18)/t11-/m0/s1. The summed E-state index contributed by atoms with van der Waals surface area (Å²) in [4.78, 5) is 26.8. The van der Waals surface area contributed by atoms with Crippen LogP contribution in [0.3, 0.4) is 0 Å². The molecule has 0 spiro atoms. The van der Waals surface area contributed by atoms with Gasteiger partial charge in [-0.25, -0.2) is 9.59 Å². The molecule has 108 valence electrons. The van der Waals surface area contributed by atoms with E-state index in [0.717, 1.165) is 32.1 Å². The van der Waals surface area contributed by atoms with Gasteiger partial charge >= 0.3 is 12.0 Å². The SMILES string of the molecule is O=C(O)[C@@H]1CCCN1C(=O)N(CCO)C1CCCC1. The van der Waals surface area contributed by atoms with Gasteiger partial charge in [0.15, 0.2) is 0 Å². The molecule has 6 nitrogen and oxygen atoms in total. The molecular weight excluding hydrogens is 248 g/mol. The number of aliphatic hydroxyl groups is 1. The van der Waals surface area contributed by atoms with Crippen LogP contribution in [0.1, 0.15) is 38.5 Å². The molecule has 2 amide bonds. The van der Waals surface area contributed by atoms with Gasteiger partial charge in [-0.2, -0.15) is 0 Å². The number of carbonyl (C=O) groups is 2. The van der Waals surface area contributed by atoms with Crippen molar-refractivity contribution in [1.82, 2.24) is 9.80 Å². The second-order valence-electron chi connectivity index (χ2n) is 5.33. The molecule has 0 aromatic carbocycles. The number of hydrogen-bond donors (Lipinski definition) is 2. The Morgan fingerprint density at radius 1 is 1.16 bits per heavy atom. The maximum absolute atomic E-state index is 12.5. The number of likely N-dealkylation sites (tertiary alicyclic amines) is 1. The molecule has 1 saturated carbocycles. The summed E-state index contributed by atoms with van der Waals surface area (Å²) in [5.74, 6) is -0.929. The van der Waals surface area contributed by atoms with E-state index >= 15 is 0 Å². The molecule has 19 heavy (non-hydrogen) atoms. The lowest BCUT2D eigenvalue weighted by atomic mass is 10.2. The third-order valence-electron chi connectivity index (χ3n) is 4.14. The number of aliphatic hydroxyl groups excluding tert-OH is 1. The lowest BCUT2D eigenvalue weighted by molar-refractivity contribution is -0.141. The molecule has 1 saturated heterocycles. The molecule has 1 aliphatic heterocycles. The number of carbonyl (C=O) groups excluding carboxylic acids is 1. The average Bonchev–Trinajstić information content (AvgIpc) is 3.05. The molecule has 0 unspecified atom stereocenters. The zero-order valence-electron chi connectivity index (χ0n) is 11.1. The van der Waals surface area contributed by atoms with Crippen LogP contribution in [0.15, 0.2) is 0 Å². The molecule has 1 aliphatic carbocycles. The van der Waals surface area contributed by atoms with Crippen LogP contribution in [0.5, 0.6) is 0 Å². The normalized spacial score (nSPS) is 23.8. The van der Waals surface area contributed by atoms with Gasteiger partial charge in [0.1, 0.15) is 6.04 Å². The molecule has 1 atom stereocenters. The van der Waals surface area contributed by atoms with Crippen LogP contribution in [0.4, 0.5) is 4.79 Å². The van der Waals surface area contributed by atoms with E-state index < -0.39 is 12.0 Å². The number of amides is 2. The van der Waals surface area contributed by atoms with E-state index in [1.807, 2.05) is 0 Å². The van der Waals surface area contributed by atoms with Crippen LogP contribution in [0, 0.1) is 0 Å². The van der Waals surface area contributed by atoms with E-state index in [2.05, 4.69) is 0 Å². The summed E-state index contributed by atoms with van der Waals surface area (Å²) in [6.45, 7) is 0.727. The first-order valence-corrected chi connectivity index (χ1v) is 7.06. The van der Waals surface area contributed by atoms with Crippen LogP contribution in [0.25, 0.3) is 0 Å². The summed E-state index contributed by atoms with van der Waals surface area (Å²) in [5.41, 5.74) is 0. The van der Waals surface area contributed by atoms with Gasteiger partial charge < -0.3 is 20.0 Å². The third-order valence-corrected chi connectivity index (χ3v) is 4.14. The van der Waals surface area contributed by atoms with Gasteiger partial charge in [0.25, 0.3) is 0 Å². The third kappa shape index (κ3) is 3.00. The first-order valence-electron chi connectivity index (χ1n) is 7.06. The topological polar surface area (TPSA) is 81.1 Å². The second-order valence-corrected chi connectivity index (χ2v) is 5.33. The minimum absolute atomic E-state index is 0.0756. The van der Waals surface area contributed by atoms with Gasteiger partial charge in [-0.05, 0) is 25.7 Å². The van der Waals surface area contributed by atoms with Crippen molar-refractivity contribution < 1.29 is 19.8 Å². The molecule has 0 aromatic rings. The molecule has 2 fully saturated rings. The van der Waals surface area contributed by atoms with Crippen LogP contribution >= 0.6 is 0 Å². The fourth-order valence-electron chi connectivity index (χ4n) is 3.18. The van der Waals surface area contributed by atoms with Crippen LogP contribution in [-0.2, 0) is 4.79 Å². The summed E-state index contributed by atoms with van der Waals surface area (Å²) in [6.07, 6.45) is 5.37. The van der Waals surface area contributed by atoms with Crippen molar-refractivity contribution in [2.24, 2.45) is 0 Å². The van der Waals surface area contributed by atoms with E-state index in [1.165, 1.54) is 4.90 Å². The summed E-state index contributed by atoms with van der Waals surface area (Å²) in [5, 5.41) is 18.3. The van der Waals surface area contributed by atoms with Crippen LogP contribution < -0.4 is 0 Å². The minimum Gasteiger partial charge on any atom is -0.480 e. The summed E-state index contributed by atoms with van der Waals surface area (Å²) < 4.78 is 0. The highest BCUT2D eigenvalue weighted by molar-refractivity contribution is 5.83. The molecule has 0 aromatic heterocycles. The van der Waals surface area contributed by atoms with Crippen molar-refractivity contribution in [3.63, 3.8) is 0 Å². The highest BCUT2D eigenvalue weighted by Crippen LogP contribution is 2.26. The average molecular weight is 270 g/mol. The van der Waals surface area contributed by atoms with E-state index in [-0.39, 0.29) is 18.7 Å². The zero-order chi connectivity index (χ0) is 13.8. The Balaban J connectivity index is 2.07. The number of nitrogens with zero attached hydrogens (tertiary/aromatic N) is 2. The summed E-state index contributed by atoms with van der Waals surface area (Å²) in [7, 11) is 0. The number of aliphatic carboxylic acids is 1. The highest BCUT2D eigenvalue weighted by Gasteiger charge is 2.38. The second kappa shape index (κ2) is 6.23. The van der Waals surface area contributed by atoms with Crippen molar-refractivity contribution in [3.05, 3.63) is 0 Å². The van der Waals surface area contributed by atoms with Crippen molar-refractivity contribution >= 4 is 12.0 Å². The van der Waals surface area contributed by atoms with E-state index in [0.29, 0.717) is 19.5 Å². The van der Waals surface area contributed by atoms with Gasteiger partial charge in [-0.3, -0.25) is 0 Å². The maximum Gasteiger partial charge on any atom is 0.326 e. The van der Waals surface area contributed by atoms with Crippen LogP contribution in [-0.4, -0.2) is 63.8 Å². The Morgan fingerprint density at radius 2 is 1.84 bits per heavy atom. The Morgan fingerprint density at radius 3 is 2.42 bits per heavy atom. The highest BCUT2D eigenvalue weighted by atomic mass is 16.4. The lowest BCUT2D eigenvalue weighted by Crippen LogP contribution is -2.51. The van der Waals surface area contributed by atoms with Gasteiger partial charge in [0.05, 0.1) is 6.61 Å². The van der Waals surface area contributed by atoms with Gasteiger partial charge in [0, 0.05) is 19.1 Å². The van der Waals surface area contributed by atoms with Gasteiger partial charge in [0.2, 0.25) is 0 Å². The number of carboxylic acids is 1. The Labute approximate surface area is 113 Å². The fraction of sp³-hybridized carbons (Fsp3) is 0.846. The van der Waals surface area contributed by atoms with Crippen LogP contribution in [0.2, 0.25) is 0 Å². The van der Waals surface area contributed by atoms with Crippen molar-refractivity contribution in [2.45, 2.75) is 50.6 Å². The summed E-state index contributed by atoms with van der Waals surface area (Å²) in [6, 6.07) is -0.754.